The van der Waals surface area contributed by atoms with E-state index < -0.39 is 17.5 Å². The summed E-state index contributed by atoms with van der Waals surface area (Å²) in [5.41, 5.74) is 1.26. The van der Waals surface area contributed by atoms with E-state index in [0.29, 0.717) is 13.0 Å². The largest absolute Gasteiger partial charge is 0.496 e. The number of hydrogen-bond donors (Lipinski definition) is 2. The average molecular weight is 384 g/mol. The van der Waals surface area contributed by atoms with E-state index in [1.54, 1.807) is 7.11 Å². The van der Waals surface area contributed by atoms with Crippen molar-refractivity contribution < 1.29 is 18.3 Å². The predicted octanol–water partition coefficient (Wildman–Crippen LogP) is 3.67. The van der Waals surface area contributed by atoms with Crippen LogP contribution in [0.2, 0.25) is 0 Å². The van der Waals surface area contributed by atoms with Gasteiger partial charge in [-0.3, -0.25) is 4.79 Å². The molecule has 2 aromatic carbocycles. The Morgan fingerprint density at radius 2 is 1.93 bits per heavy atom. The molecule has 0 saturated heterocycles. The van der Waals surface area contributed by atoms with Gasteiger partial charge in [0.2, 0.25) is 5.95 Å². The number of nitrogens with one attached hydrogen (secondary N) is 2. The van der Waals surface area contributed by atoms with Gasteiger partial charge in [0.05, 0.1) is 7.11 Å². The number of amides is 1. The summed E-state index contributed by atoms with van der Waals surface area (Å²) in [4.78, 5) is 20.5. The molecule has 3 aromatic rings. The highest BCUT2D eigenvalue weighted by Gasteiger charge is 2.11. The first-order valence-electron chi connectivity index (χ1n) is 8.52. The second-order valence-electron chi connectivity index (χ2n) is 5.84. The molecule has 144 valence electrons. The Bertz CT molecular complexity index is 982. The number of carbonyl (C=O) groups excluding carboxylic acids is 1. The van der Waals surface area contributed by atoms with Gasteiger partial charge in [0.15, 0.2) is 11.6 Å². The number of ether oxygens (including phenoxy) is 1. The SMILES string of the molecule is COc1ccccc1CCNc1nccc(C(=O)Nc2ccc(F)c(F)c2)n1. The lowest BCUT2D eigenvalue weighted by Gasteiger charge is -2.10. The van der Waals surface area contributed by atoms with Crippen LogP contribution < -0.4 is 15.4 Å². The summed E-state index contributed by atoms with van der Waals surface area (Å²) in [6, 6.07) is 12.2. The minimum Gasteiger partial charge on any atom is -0.496 e. The van der Waals surface area contributed by atoms with E-state index in [4.69, 9.17) is 4.74 Å². The summed E-state index contributed by atoms with van der Waals surface area (Å²) in [6.07, 6.45) is 2.12. The molecule has 0 radical (unpaired) electrons. The van der Waals surface area contributed by atoms with Crippen LogP contribution in [-0.2, 0) is 6.42 Å². The number of para-hydroxylation sites is 1. The van der Waals surface area contributed by atoms with Crippen molar-refractivity contribution in [3.63, 3.8) is 0 Å². The molecule has 0 saturated carbocycles. The summed E-state index contributed by atoms with van der Waals surface area (Å²) in [5, 5.41) is 5.52. The fourth-order valence-electron chi connectivity index (χ4n) is 2.56. The van der Waals surface area contributed by atoms with Gasteiger partial charge in [-0.1, -0.05) is 18.2 Å². The van der Waals surface area contributed by atoms with Crippen molar-refractivity contribution in [3.8, 4) is 5.75 Å². The zero-order valence-corrected chi connectivity index (χ0v) is 15.1. The monoisotopic (exact) mass is 384 g/mol. The zero-order chi connectivity index (χ0) is 19.9. The fraction of sp³-hybridized carbons (Fsp3) is 0.150. The van der Waals surface area contributed by atoms with Crippen LogP contribution in [0.25, 0.3) is 0 Å². The number of anilines is 2. The first-order chi connectivity index (χ1) is 13.6. The zero-order valence-electron chi connectivity index (χ0n) is 15.1. The van der Waals surface area contributed by atoms with Crippen molar-refractivity contribution in [1.29, 1.82) is 0 Å². The van der Waals surface area contributed by atoms with Gasteiger partial charge in [-0.05, 0) is 36.2 Å². The lowest BCUT2D eigenvalue weighted by molar-refractivity contribution is 0.102. The first-order valence-corrected chi connectivity index (χ1v) is 8.52. The van der Waals surface area contributed by atoms with Gasteiger partial charge in [0, 0.05) is 24.5 Å². The molecule has 6 nitrogen and oxygen atoms in total. The van der Waals surface area contributed by atoms with Gasteiger partial charge in [-0.2, -0.15) is 0 Å². The lowest BCUT2D eigenvalue weighted by atomic mass is 10.1. The second-order valence-corrected chi connectivity index (χ2v) is 5.84. The van der Waals surface area contributed by atoms with Gasteiger partial charge >= 0.3 is 0 Å². The Morgan fingerprint density at radius 1 is 1.11 bits per heavy atom. The second kappa shape index (κ2) is 8.90. The Kier molecular flexibility index (Phi) is 6.11. The van der Waals surface area contributed by atoms with E-state index in [-0.39, 0.29) is 17.3 Å². The summed E-state index contributed by atoms with van der Waals surface area (Å²) in [7, 11) is 1.62. The van der Waals surface area contributed by atoms with Gasteiger partial charge in [0.25, 0.3) is 5.91 Å². The molecular formula is C20H18F2N4O2. The van der Waals surface area contributed by atoms with Crippen LogP contribution in [0.4, 0.5) is 20.4 Å². The van der Waals surface area contributed by atoms with Crippen LogP contribution >= 0.6 is 0 Å². The molecule has 1 heterocycles. The molecule has 0 unspecified atom stereocenters. The van der Waals surface area contributed by atoms with Crippen LogP contribution in [0.1, 0.15) is 16.1 Å². The molecule has 3 rings (SSSR count). The maximum Gasteiger partial charge on any atom is 0.274 e. The molecular weight excluding hydrogens is 366 g/mol. The van der Waals surface area contributed by atoms with Crippen molar-refractivity contribution in [2.45, 2.75) is 6.42 Å². The molecule has 2 N–H and O–H groups in total. The summed E-state index contributed by atoms with van der Waals surface area (Å²) < 4.78 is 31.5. The Labute approximate surface area is 160 Å². The Balaban J connectivity index is 1.61. The molecule has 0 spiro atoms. The number of methoxy groups -OCH3 is 1. The Hall–Kier alpha value is -3.55. The summed E-state index contributed by atoms with van der Waals surface area (Å²) >= 11 is 0. The normalized spacial score (nSPS) is 10.4. The van der Waals surface area contributed by atoms with E-state index in [1.165, 1.54) is 18.3 Å². The van der Waals surface area contributed by atoms with Crippen molar-refractivity contribution in [2.24, 2.45) is 0 Å². The molecule has 28 heavy (non-hydrogen) atoms. The van der Waals surface area contributed by atoms with E-state index >= 15 is 0 Å². The molecule has 1 aromatic heterocycles. The number of aromatic nitrogens is 2. The number of nitrogens with zero attached hydrogens (tertiary/aromatic N) is 2. The fourth-order valence-corrected chi connectivity index (χ4v) is 2.56. The van der Waals surface area contributed by atoms with Gasteiger partial charge in [-0.15, -0.1) is 0 Å². The molecule has 0 aliphatic heterocycles. The van der Waals surface area contributed by atoms with E-state index in [9.17, 15) is 13.6 Å². The summed E-state index contributed by atoms with van der Waals surface area (Å²) in [6.45, 7) is 0.536. The number of hydrogen-bond acceptors (Lipinski definition) is 5. The lowest BCUT2D eigenvalue weighted by Crippen LogP contribution is -2.16. The van der Waals surface area contributed by atoms with Gasteiger partial charge in [-0.25, -0.2) is 18.7 Å². The van der Waals surface area contributed by atoms with Crippen molar-refractivity contribution in [2.75, 3.05) is 24.3 Å². The third-order valence-corrected chi connectivity index (χ3v) is 3.94. The summed E-state index contributed by atoms with van der Waals surface area (Å²) in [5.74, 6) is -1.50. The third kappa shape index (κ3) is 4.79. The van der Waals surface area contributed by atoms with Crippen molar-refractivity contribution in [3.05, 3.63) is 77.6 Å². The van der Waals surface area contributed by atoms with E-state index in [1.807, 2.05) is 24.3 Å². The molecule has 1 amide bonds. The van der Waals surface area contributed by atoms with Crippen LogP contribution in [0.3, 0.4) is 0 Å². The number of carbonyl (C=O) groups is 1. The number of halogens is 2. The van der Waals surface area contributed by atoms with E-state index in [0.717, 1.165) is 23.4 Å². The van der Waals surface area contributed by atoms with Crippen LogP contribution in [0.5, 0.6) is 5.75 Å². The molecule has 0 aliphatic carbocycles. The van der Waals surface area contributed by atoms with Crippen molar-refractivity contribution in [1.82, 2.24) is 9.97 Å². The van der Waals surface area contributed by atoms with Crippen LogP contribution in [0, 0.1) is 11.6 Å². The predicted molar refractivity (Wildman–Crippen MR) is 102 cm³/mol. The van der Waals surface area contributed by atoms with Gasteiger partial charge in [0.1, 0.15) is 11.4 Å². The quantitative estimate of drug-likeness (QED) is 0.650. The van der Waals surface area contributed by atoms with E-state index in [2.05, 4.69) is 20.6 Å². The highest BCUT2D eigenvalue weighted by molar-refractivity contribution is 6.02. The molecule has 0 bridgehead atoms. The minimum atomic E-state index is -1.04. The van der Waals surface area contributed by atoms with Crippen LogP contribution in [-0.4, -0.2) is 29.5 Å². The first kappa shape index (κ1) is 19.2. The maximum atomic E-state index is 13.3. The van der Waals surface area contributed by atoms with Crippen molar-refractivity contribution >= 4 is 17.5 Å². The highest BCUT2D eigenvalue weighted by atomic mass is 19.2. The molecule has 0 atom stereocenters. The smallest absolute Gasteiger partial charge is 0.274 e. The third-order valence-electron chi connectivity index (χ3n) is 3.94. The number of benzene rings is 2. The van der Waals surface area contributed by atoms with Crippen LogP contribution in [0.15, 0.2) is 54.7 Å². The number of rotatable bonds is 7. The Morgan fingerprint density at radius 3 is 2.71 bits per heavy atom. The average Bonchev–Trinajstić information content (AvgIpc) is 2.71. The topological polar surface area (TPSA) is 76.1 Å². The minimum absolute atomic E-state index is 0.0968. The standard InChI is InChI=1S/C20H18F2N4O2/c1-28-18-5-3-2-4-13(18)8-10-23-20-24-11-9-17(26-20)19(27)25-14-6-7-15(21)16(22)12-14/h2-7,9,11-12H,8,10H2,1H3,(H,25,27)(H,23,24,26). The highest BCUT2D eigenvalue weighted by Crippen LogP contribution is 2.18. The molecule has 8 heteroatoms. The molecule has 0 fully saturated rings. The van der Waals surface area contributed by atoms with Gasteiger partial charge < -0.3 is 15.4 Å². The maximum absolute atomic E-state index is 13.3. The molecule has 0 aliphatic rings.